The van der Waals surface area contributed by atoms with Crippen molar-refractivity contribution in [3.05, 3.63) is 102 Å². The van der Waals surface area contributed by atoms with Crippen LogP contribution >= 0.6 is 0 Å². The molecule has 266 valence electrons. The molecule has 5 atom stereocenters. The number of fused-ring (bicyclic) bond motifs is 2. The average Bonchev–Trinajstić information content (AvgIpc) is 3.51. The lowest BCUT2D eigenvalue weighted by atomic mass is 9.90. The number of nitrogens with one attached hydrogen (secondary N) is 2. The summed E-state index contributed by atoms with van der Waals surface area (Å²) in [4.78, 5) is 30.7. The second kappa shape index (κ2) is 15.6. The maximum absolute atomic E-state index is 13.9. The molecule has 2 aliphatic heterocycles. The van der Waals surface area contributed by atoms with Gasteiger partial charge in [-0.15, -0.1) is 0 Å². The number of hydrogen-bond acceptors (Lipinski definition) is 8. The minimum absolute atomic E-state index is 0.00799. The fourth-order valence-corrected chi connectivity index (χ4v) is 6.78. The van der Waals surface area contributed by atoms with Crippen LogP contribution in [0.4, 0.5) is 13.2 Å². The van der Waals surface area contributed by atoms with E-state index in [4.69, 9.17) is 9.15 Å². The second-order valence-electron chi connectivity index (χ2n) is 13.0. The third kappa shape index (κ3) is 9.02. The topological polar surface area (TPSA) is 128 Å². The maximum Gasteiger partial charge on any atom is 0.405 e. The van der Waals surface area contributed by atoms with Crippen molar-refractivity contribution in [2.75, 3.05) is 39.3 Å². The Bertz CT molecular complexity index is 1720. The van der Waals surface area contributed by atoms with Crippen LogP contribution in [-0.4, -0.2) is 95.6 Å². The first-order chi connectivity index (χ1) is 24.0. The van der Waals surface area contributed by atoms with Gasteiger partial charge in [0.05, 0.1) is 18.7 Å². The van der Waals surface area contributed by atoms with Gasteiger partial charge in [-0.2, -0.15) is 13.2 Å². The van der Waals surface area contributed by atoms with Gasteiger partial charge in [-0.3, -0.25) is 19.4 Å². The Morgan fingerprint density at radius 2 is 1.72 bits per heavy atom. The van der Waals surface area contributed by atoms with E-state index >= 15 is 0 Å². The van der Waals surface area contributed by atoms with Crippen LogP contribution in [0.5, 0.6) is 5.75 Å². The van der Waals surface area contributed by atoms with Gasteiger partial charge < -0.3 is 30.0 Å². The zero-order valence-electron chi connectivity index (χ0n) is 27.4. The fourth-order valence-electron chi connectivity index (χ4n) is 6.78. The van der Waals surface area contributed by atoms with Gasteiger partial charge in [0.2, 0.25) is 11.8 Å². The third-order valence-electron chi connectivity index (χ3n) is 9.24. The molecule has 3 heterocycles. The summed E-state index contributed by atoms with van der Waals surface area (Å²) < 4.78 is 50.8. The highest BCUT2D eigenvalue weighted by molar-refractivity contribution is 5.82. The van der Waals surface area contributed by atoms with Gasteiger partial charge in [0, 0.05) is 43.0 Å². The number of carbonyl (C=O) groups excluding carboxylic acids is 2. The number of nitrogens with zero attached hydrogens (tertiary/aromatic N) is 2. The molecule has 4 N–H and O–H groups in total. The molecule has 50 heavy (non-hydrogen) atoms. The van der Waals surface area contributed by atoms with E-state index < -0.39 is 48.8 Å². The number of alkyl halides is 3. The normalized spacial score (nSPS) is 21.2. The lowest BCUT2D eigenvalue weighted by Gasteiger charge is -2.41. The molecule has 0 radical (unpaired) electrons. The van der Waals surface area contributed by atoms with E-state index in [1.165, 1.54) is 0 Å². The van der Waals surface area contributed by atoms with Gasteiger partial charge in [0.1, 0.15) is 42.4 Å². The SMILES string of the molecule is O=C(N[C@H]1c2ccccc2OC[C@H]1O)C(Cc1ccccc1)C[C@H](O)CN1CCN(Cc2cc3ccccc3o2)C[C@H]1C(=O)NCC(F)(F)F. The van der Waals surface area contributed by atoms with Gasteiger partial charge in [-0.1, -0.05) is 66.7 Å². The Hall–Kier alpha value is -4.43. The highest BCUT2D eigenvalue weighted by Crippen LogP contribution is 2.32. The molecule has 4 aromatic rings. The molecule has 10 nitrogen and oxygen atoms in total. The number of aliphatic hydroxyl groups is 2. The summed E-state index contributed by atoms with van der Waals surface area (Å²) in [5, 5.41) is 28.1. The summed E-state index contributed by atoms with van der Waals surface area (Å²) in [6.45, 7) is -0.262. The van der Waals surface area contributed by atoms with E-state index in [1.807, 2.05) is 70.9 Å². The summed E-state index contributed by atoms with van der Waals surface area (Å²) in [6, 6.07) is 24.2. The fraction of sp³-hybridized carbons (Fsp3) is 0.405. The number of para-hydroxylation sites is 2. The Balaban J connectivity index is 1.16. The van der Waals surface area contributed by atoms with Crippen molar-refractivity contribution in [1.82, 2.24) is 20.4 Å². The van der Waals surface area contributed by atoms with Crippen molar-refractivity contribution >= 4 is 22.8 Å². The highest BCUT2D eigenvalue weighted by atomic mass is 19.4. The number of carbonyl (C=O) groups is 2. The molecule has 0 spiro atoms. The predicted molar refractivity (Wildman–Crippen MR) is 179 cm³/mol. The molecule has 0 aliphatic carbocycles. The molecular weight excluding hydrogens is 653 g/mol. The second-order valence-corrected chi connectivity index (χ2v) is 13.0. The van der Waals surface area contributed by atoms with Crippen LogP contribution in [0, 0.1) is 5.92 Å². The number of rotatable bonds is 12. The van der Waals surface area contributed by atoms with Gasteiger partial charge >= 0.3 is 6.18 Å². The number of halogens is 3. The van der Waals surface area contributed by atoms with Crippen LogP contribution in [0.25, 0.3) is 11.0 Å². The zero-order valence-corrected chi connectivity index (χ0v) is 27.4. The number of benzene rings is 3. The Kier molecular flexibility index (Phi) is 11.1. The third-order valence-corrected chi connectivity index (χ3v) is 9.24. The van der Waals surface area contributed by atoms with E-state index in [-0.39, 0.29) is 32.0 Å². The Labute approximate surface area is 287 Å². The zero-order chi connectivity index (χ0) is 35.3. The number of hydrogen-bond donors (Lipinski definition) is 4. The smallest absolute Gasteiger partial charge is 0.405 e. The van der Waals surface area contributed by atoms with Crippen LogP contribution in [0.1, 0.15) is 29.3 Å². The average molecular weight is 695 g/mol. The largest absolute Gasteiger partial charge is 0.490 e. The molecular formula is C37H41F3N4O6. The van der Waals surface area contributed by atoms with Crippen molar-refractivity contribution in [3.63, 3.8) is 0 Å². The molecule has 1 saturated heterocycles. The monoisotopic (exact) mass is 694 g/mol. The molecule has 6 rings (SSSR count). The standard InChI is InChI=1S/C37H41F3N4O6/c38-37(39,40)23-41-36(48)30-21-43(20-28-18-25-10-4-6-12-32(25)50-28)14-15-44(30)19-27(45)17-26(16-24-8-2-1-3-9-24)35(47)42-34-29-11-5-7-13-33(29)49-22-31(34)46/h1-13,18,26-27,30-31,34,45-46H,14-17,19-23H2,(H,41,48)(H,42,47)/t26?,27-,30-,31+,34-/m0/s1. The van der Waals surface area contributed by atoms with Crippen LogP contribution in [-0.2, 0) is 22.6 Å². The van der Waals surface area contributed by atoms with Crippen molar-refractivity contribution in [1.29, 1.82) is 0 Å². The lowest BCUT2D eigenvalue weighted by Crippen LogP contribution is -2.60. The summed E-state index contributed by atoms with van der Waals surface area (Å²) in [5.41, 5.74) is 2.23. The summed E-state index contributed by atoms with van der Waals surface area (Å²) in [6.07, 6.45) is -6.35. The van der Waals surface area contributed by atoms with Crippen molar-refractivity contribution in [2.45, 2.75) is 49.9 Å². The van der Waals surface area contributed by atoms with Crippen molar-refractivity contribution in [2.24, 2.45) is 5.92 Å². The number of aliphatic hydroxyl groups excluding tert-OH is 2. The first kappa shape index (κ1) is 35.4. The summed E-state index contributed by atoms with van der Waals surface area (Å²) in [7, 11) is 0. The minimum atomic E-state index is -4.58. The molecule has 1 unspecified atom stereocenters. The highest BCUT2D eigenvalue weighted by Gasteiger charge is 2.38. The quantitative estimate of drug-likeness (QED) is 0.177. The van der Waals surface area contributed by atoms with Gasteiger partial charge in [-0.25, -0.2) is 0 Å². The van der Waals surface area contributed by atoms with E-state index in [1.54, 1.807) is 29.2 Å². The van der Waals surface area contributed by atoms with Crippen molar-refractivity contribution < 1.29 is 42.1 Å². The van der Waals surface area contributed by atoms with E-state index in [0.29, 0.717) is 48.7 Å². The van der Waals surface area contributed by atoms with E-state index in [9.17, 15) is 33.0 Å². The molecule has 0 saturated carbocycles. The number of β-amino-alcohol motifs (C(OH)–C–C–N with tert-alkyl or cyclic N) is 1. The number of amides is 2. The number of furan rings is 1. The van der Waals surface area contributed by atoms with Crippen LogP contribution in [0.2, 0.25) is 0 Å². The number of ether oxygens (including phenoxy) is 1. The molecule has 0 bridgehead atoms. The van der Waals surface area contributed by atoms with Crippen LogP contribution in [0.3, 0.4) is 0 Å². The first-order valence-corrected chi connectivity index (χ1v) is 16.7. The molecule has 1 aromatic heterocycles. The summed E-state index contributed by atoms with van der Waals surface area (Å²) >= 11 is 0. The molecule has 2 aliphatic rings. The minimum Gasteiger partial charge on any atom is -0.490 e. The van der Waals surface area contributed by atoms with Gasteiger partial charge in [-0.05, 0) is 36.6 Å². The first-order valence-electron chi connectivity index (χ1n) is 16.7. The maximum atomic E-state index is 13.9. The molecule has 3 aromatic carbocycles. The van der Waals surface area contributed by atoms with Crippen LogP contribution < -0.4 is 15.4 Å². The van der Waals surface area contributed by atoms with Gasteiger partial charge in [0.15, 0.2) is 0 Å². The van der Waals surface area contributed by atoms with E-state index in [2.05, 4.69) is 5.32 Å². The number of piperazine rings is 1. The molecule has 1 fully saturated rings. The molecule has 13 heteroatoms. The van der Waals surface area contributed by atoms with Crippen LogP contribution in [0.15, 0.2) is 89.3 Å². The molecule has 2 amide bonds. The van der Waals surface area contributed by atoms with Crippen molar-refractivity contribution in [3.8, 4) is 5.75 Å². The lowest BCUT2D eigenvalue weighted by molar-refractivity contribution is -0.143. The Morgan fingerprint density at radius 1 is 0.980 bits per heavy atom. The van der Waals surface area contributed by atoms with E-state index in [0.717, 1.165) is 10.9 Å². The Morgan fingerprint density at radius 3 is 2.50 bits per heavy atom. The predicted octanol–water partition coefficient (Wildman–Crippen LogP) is 3.82. The summed E-state index contributed by atoms with van der Waals surface area (Å²) in [5.74, 6) is -0.655. The van der Waals surface area contributed by atoms with Gasteiger partial charge in [0.25, 0.3) is 0 Å².